The van der Waals surface area contributed by atoms with E-state index in [0.717, 1.165) is 17.4 Å². The fraction of sp³-hybridized carbons (Fsp3) is 0.273. The summed E-state index contributed by atoms with van der Waals surface area (Å²) in [6.45, 7) is 10.8. The number of phenols is 1. The number of hydrogen-bond acceptors (Lipinski definition) is 1. The molecule has 0 amide bonds. The van der Waals surface area contributed by atoms with Gasteiger partial charge in [-0.3, -0.25) is 0 Å². The summed E-state index contributed by atoms with van der Waals surface area (Å²) >= 11 is 0. The van der Waals surface area contributed by atoms with Gasteiger partial charge >= 0.3 is 0 Å². The van der Waals surface area contributed by atoms with Crippen molar-refractivity contribution < 1.29 is 5.11 Å². The highest BCUT2D eigenvalue weighted by molar-refractivity contribution is 6.00. The molecule has 0 saturated heterocycles. The third-order valence-corrected chi connectivity index (χ3v) is 5.16. The van der Waals surface area contributed by atoms with Crippen molar-refractivity contribution in [1.82, 2.24) is 0 Å². The minimum atomic E-state index is 0.362. The fourth-order valence-electron chi connectivity index (χ4n) is 3.66. The molecular weight excluding hydrogens is 280 g/mol. The van der Waals surface area contributed by atoms with Crippen LogP contribution in [0.15, 0.2) is 36.4 Å². The van der Waals surface area contributed by atoms with Crippen molar-refractivity contribution >= 4 is 10.8 Å². The van der Waals surface area contributed by atoms with Gasteiger partial charge in [0, 0.05) is 0 Å². The molecule has 0 saturated carbocycles. The van der Waals surface area contributed by atoms with E-state index < -0.39 is 0 Å². The summed E-state index contributed by atoms with van der Waals surface area (Å²) < 4.78 is 0. The van der Waals surface area contributed by atoms with E-state index in [2.05, 4.69) is 52.0 Å². The minimum absolute atomic E-state index is 0.362. The topological polar surface area (TPSA) is 20.2 Å². The lowest BCUT2D eigenvalue weighted by Crippen LogP contribution is -1.98. The second kappa shape index (κ2) is 5.73. The number of phenolic OH excluding ortho intramolecular Hbond substituents is 1. The molecule has 0 heterocycles. The molecule has 1 N–H and O–H groups in total. The van der Waals surface area contributed by atoms with Crippen LogP contribution in [0.4, 0.5) is 0 Å². The summed E-state index contributed by atoms with van der Waals surface area (Å²) in [5, 5.41) is 12.3. The maximum atomic E-state index is 10.0. The van der Waals surface area contributed by atoms with Crippen LogP contribution in [0.5, 0.6) is 5.75 Å². The van der Waals surface area contributed by atoms with E-state index >= 15 is 0 Å². The molecule has 0 bridgehead atoms. The summed E-state index contributed by atoms with van der Waals surface area (Å²) in [6, 6.07) is 12.5. The maximum absolute atomic E-state index is 10.0. The van der Waals surface area contributed by atoms with E-state index in [1.165, 1.54) is 38.8 Å². The van der Waals surface area contributed by atoms with Crippen molar-refractivity contribution in [2.75, 3.05) is 0 Å². The SMILES string of the molecule is CCc1cc(C)c(-c2cccc3c(C)c(O)ccc23)c(C)c1C. The third kappa shape index (κ3) is 2.41. The quantitative estimate of drug-likeness (QED) is 0.615. The highest BCUT2D eigenvalue weighted by Crippen LogP contribution is 2.38. The molecule has 0 aromatic heterocycles. The number of aromatic hydroxyl groups is 1. The van der Waals surface area contributed by atoms with Crippen LogP contribution in [0, 0.1) is 27.7 Å². The van der Waals surface area contributed by atoms with Gasteiger partial charge in [0.05, 0.1) is 0 Å². The van der Waals surface area contributed by atoms with Gasteiger partial charge in [0.15, 0.2) is 0 Å². The van der Waals surface area contributed by atoms with Crippen LogP contribution in [-0.4, -0.2) is 5.11 Å². The van der Waals surface area contributed by atoms with Crippen LogP contribution < -0.4 is 0 Å². The summed E-state index contributed by atoms with van der Waals surface area (Å²) in [5.41, 5.74) is 9.03. The van der Waals surface area contributed by atoms with E-state index in [-0.39, 0.29) is 0 Å². The fourth-order valence-corrected chi connectivity index (χ4v) is 3.66. The van der Waals surface area contributed by atoms with Gasteiger partial charge in [0.2, 0.25) is 0 Å². The van der Waals surface area contributed by atoms with E-state index in [1.54, 1.807) is 6.07 Å². The molecule has 0 fully saturated rings. The Morgan fingerprint density at radius 3 is 2.26 bits per heavy atom. The summed E-state index contributed by atoms with van der Waals surface area (Å²) in [4.78, 5) is 0. The largest absolute Gasteiger partial charge is 0.508 e. The first-order chi connectivity index (χ1) is 11.0. The van der Waals surface area contributed by atoms with Crippen molar-refractivity contribution in [2.24, 2.45) is 0 Å². The predicted molar refractivity (Wildman–Crippen MR) is 99.4 cm³/mol. The second-order valence-corrected chi connectivity index (χ2v) is 6.44. The molecule has 3 aromatic carbocycles. The van der Waals surface area contributed by atoms with E-state index in [4.69, 9.17) is 0 Å². The number of benzene rings is 3. The first-order valence-electron chi connectivity index (χ1n) is 8.27. The van der Waals surface area contributed by atoms with Crippen LogP contribution in [-0.2, 0) is 6.42 Å². The molecule has 0 unspecified atom stereocenters. The van der Waals surface area contributed by atoms with Gasteiger partial charge in [-0.1, -0.05) is 37.3 Å². The zero-order chi connectivity index (χ0) is 16.7. The van der Waals surface area contributed by atoms with Crippen molar-refractivity contribution in [3.8, 4) is 16.9 Å². The van der Waals surface area contributed by atoms with Gasteiger partial charge in [-0.15, -0.1) is 0 Å². The standard InChI is InChI=1S/C22H24O/c1-6-17-12-13(2)22(15(4)14(17)3)20-9-7-8-18-16(5)21(23)11-10-19(18)20/h7-12,23H,6H2,1-5H3. The smallest absolute Gasteiger partial charge is 0.119 e. The summed E-state index contributed by atoms with van der Waals surface area (Å²) in [7, 11) is 0. The molecule has 0 aliphatic heterocycles. The molecule has 1 nitrogen and oxygen atoms in total. The Labute approximate surface area is 138 Å². The van der Waals surface area contributed by atoms with Crippen molar-refractivity contribution in [3.05, 3.63) is 64.2 Å². The van der Waals surface area contributed by atoms with Crippen LogP contribution in [0.25, 0.3) is 21.9 Å². The molecule has 0 aliphatic carbocycles. The number of aryl methyl sites for hydroxylation is 3. The van der Waals surface area contributed by atoms with Crippen molar-refractivity contribution in [2.45, 2.75) is 41.0 Å². The lowest BCUT2D eigenvalue weighted by atomic mass is 9.86. The van der Waals surface area contributed by atoms with Crippen LogP contribution in [0.1, 0.15) is 34.7 Å². The number of fused-ring (bicyclic) bond motifs is 1. The average molecular weight is 304 g/mol. The molecule has 23 heavy (non-hydrogen) atoms. The molecule has 0 atom stereocenters. The van der Waals surface area contributed by atoms with Crippen LogP contribution in [0.3, 0.4) is 0 Å². The molecule has 3 aromatic rings. The molecule has 0 radical (unpaired) electrons. The molecule has 0 spiro atoms. The van der Waals surface area contributed by atoms with E-state index in [0.29, 0.717) is 5.75 Å². The lowest BCUT2D eigenvalue weighted by molar-refractivity contribution is 0.472. The summed E-state index contributed by atoms with van der Waals surface area (Å²) in [5.74, 6) is 0.362. The average Bonchev–Trinajstić information content (AvgIpc) is 2.55. The normalized spacial score (nSPS) is 11.2. The van der Waals surface area contributed by atoms with Crippen LogP contribution >= 0.6 is 0 Å². The number of rotatable bonds is 2. The Bertz CT molecular complexity index is 904. The van der Waals surface area contributed by atoms with Gasteiger partial charge in [-0.05, 0) is 89.9 Å². The number of hydrogen-bond donors (Lipinski definition) is 1. The van der Waals surface area contributed by atoms with Gasteiger partial charge in [0.1, 0.15) is 5.75 Å². The van der Waals surface area contributed by atoms with Gasteiger partial charge in [-0.2, -0.15) is 0 Å². The minimum Gasteiger partial charge on any atom is -0.508 e. The first-order valence-corrected chi connectivity index (χ1v) is 8.27. The highest BCUT2D eigenvalue weighted by atomic mass is 16.3. The third-order valence-electron chi connectivity index (χ3n) is 5.16. The molecule has 1 heteroatoms. The van der Waals surface area contributed by atoms with E-state index in [1.807, 2.05) is 13.0 Å². The maximum Gasteiger partial charge on any atom is 0.119 e. The van der Waals surface area contributed by atoms with Crippen LogP contribution in [0.2, 0.25) is 0 Å². The highest BCUT2D eigenvalue weighted by Gasteiger charge is 2.14. The Hall–Kier alpha value is -2.28. The summed E-state index contributed by atoms with van der Waals surface area (Å²) in [6.07, 6.45) is 1.07. The predicted octanol–water partition coefficient (Wildman–Crippen LogP) is 6.01. The molecule has 3 rings (SSSR count). The molecular formula is C22H24O. The van der Waals surface area contributed by atoms with Gasteiger partial charge < -0.3 is 5.11 Å². The zero-order valence-electron chi connectivity index (χ0n) is 14.6. The molecule has 0 aliphatic rings. The van der Waals surface area contributed by atoms with Gasteiger partial charge in [0.25, 0.3) is 0 Å². The zero-order valence-corrected chi connectivity index (χ0v) is 14.6. The van der Waals surface area contributed by atoms with Gasteiger partial charge in [-0.25, -0.2) is 0 Å². The van der Waals surface area contributed by atoms with E-state index in [9.17, 15) is 5.11 Å². The molecule has 118 valence electrons. The Morgan fingerprint density at radius 1 is 0.826 bits per heavy atom. The Kier molecular flexibility index (Phi) is 3.89. The first kappa shape index (κ1) is 15.6. The second-order valence-electron chi connectivity index (χ2n) is 6.44. The van der Waals surface area contributed by atoms with Crippen molar-refractivity contribution in [3.63, 3.8) is 0 Å². The lowest BCUT2D eigenvalue weighted by Gasteiger charge is -2.18. The Morgan fingerprint density at radius 2 is 1.57 bits per heavy atom. The van der Waals surface area contributed by atoms with Crippen molar-refractivity contribution in [1.29, 1.82) is 0 Å². The Balaban J connectivity index is 2.39. The monoisotopic (exact) mass is 304 g/mol.